The second-order valence-corrected chi connectivity index (χ2v) is 6.53. The molecule has 2 aromatic rings. The van der Waals surface area contributed by atoms with Crippen LogP contribution in [0.2, 0.25) is 0 Å². The zero-order valence-electron chi connectivity index (χ0n) is 13.7. The molecule has 2 aliphatic heterocycles. The monoisotopic (exact) mass is 329 g/mol. The van der Waals surface area contributed by atoms with Gasteiger partial charge in [0, 0.05) is 36.8 Å². The third kappa shape index (κ3) is 2.33. The normalized spacial score (nSPS) is 22.9. The SMILES string of the molecule is Cc1nc2ncnn2c(C)c1CCC(=O)N1C[C@@H]2COC(=O)[C@@H]2C1. The summed E-state index contributed by atoms with van der Waals surface area (Å²) in [7, 11) is 0. The van der Waals surface area contributed by atoms with Gasteiger partial charge in [0.1, 0.15) is 6.33 Å². The highest BCUT2D eigenvalue weighted by molar-refractivity contribution is 5.80. The van der Waals surface area contributed by atoms with Gasteiger partial charge in [-0.15, -0.1) is 0 Å². The fraction of sp³-hybridized carbons (Fsp3) is 0.562. The summed E-state index contributed by atoms with van der Waals surface area (Å²) >= 11 is 0. The zero-order valence-corrected chi connectivity index (χ0v) is 13.7. The maximum atomic E-state index is 12.5. The second-order valence-electron chi connectivity index (χ2n) is 6.53. The van der Waals surface area contributed by atoms with E-state index in [1.54, 1.807) is 9.42 Å². The largest absolute Gasteiger partial charge is 0.465 e. The molecule has 0 radical (unpaired) electrons. The summed E-state index contributed by atoms with van der Waals surface area (Å²) in [4.78, 5) is 34.4. The Balaban J connectivity index is 1.46. The zero-order chi connectivity index (χ0) is 16.8. The fourth-order valence-electron chi connectivity index (χ4n) is 3.71. The van der Waals surface area contributed by atoms with Crippen molar-refractivity contribution in [3.8, 4) is 0 Å². The predicted octanol–water partition coefficient (Wildman–Crippen LogP) is 0.305. The van der Waals surface area contributed by atoms with Gasteiger partial charge in [-0.05, 0) is 25.8 Å². The summed E-state index contributed by atoms with van der Waals surface area (Å²) in [6, 6.07) is 0. The highest BCUT2D eigenvalue weighted by Gasteiger charge is 2.45. The Morgan fingerprint density at radius 1 is 1.38 bits per heavy atom. The lowest BCUT2D eigenvalue weighted by molar-refractivity contribution is -0.142. The number of hydrogen-bond donors (Lipinski definition) is 0. The van der Waals surface area contributed by atoms with Crippen molar-refractivity contribution < 1.29 is 14.3 Å². The molecule has 4 rings (SSSR count). The number of likely N-dealkylation sites (tertiary alicyclic amines) is 1. The van der Waals surface area contributed by atoms with E-state index in [0.29, 0.717) is 38.3 Å². The van der Waals surface area contributed by atoms with Crippen molar-refractivity contribution >= 4 is 17.7 Å². The second kappa shape index (κ2) is 5.54. The molecule has 0 spiro atoms. The van der Waals surface area contributed by atoms with Crippen molar-refractivity contribution in [2.45, 2.75) is 26.7 Å². The van der Waals surface area contributed by atoms with E-state index in [0.717, 1.165) is 17.0 Å². The van der Waals surface area contributed by atoms with E-state index in [-0.39, 0.29) is 23.7 Å². The first-order chi connectivity index (χ1) is 11.5. The number of carbonyl (C=O) groups is 2. The first kappa shape index (κ1) is 15.0. The van der Waals surface area contributed by atoms with Crippen LogP contribution in [0.1, 0.15) is 23.4 Å². The number of amides is 1. The molecule has 126 valence electrons. The topological polar surface area (TPSA) is 89.7 Å². The lowest BCUT2D eigenvalue weighted by atomic mass is 10.0. The number of ether oxygens (including phenoxy) is 1. The maximum absolute atomic E-state index is 12.5. The van der Waals surface area contributed by atoms with Gasteiger partial charge >= 0.3 is 5.97 Å². The van der Waals surface area contributed by atoms with Crippen LogP contribution in [-0.2, 0) is 20.7 Å². The summed E-state index contributed by atoms with van der Waals surface area (Å²) < 4.78 is 6.74. The van der Waals surface area contributed by atoms with Crippen LogP contribution in [0.3, 0.4) is 0 Å². The number of fused-ring (bicyclic) bond motifs is 2. The van der Waals surface area contributed by atoms with Gasteiger partial charge in [0.15, 0.2) is 0 Å². The van der Waals surface area contributed by atoms with Crippen molar-refractivity contribution in [3.63, 3.8) is 0 Å². The summed E-state index contributed by atoms with van der Waals surface area (Å²) in [5.74, 6) is 0.521. The van der Waals surface area contributed by atoms with Crippen LogP contribution in [-0.4, -0.2) is 56.1 Å². The van der Waals surface area contributed by atoms with Crippen LogP contribution in [0.5, 0.6) is 0 Å². The van der Waals surface area contributed by atoms with Crippen LogP contribution in [0.15, 0.2) is 6.33 Å². The highest BCUT2D eigenvalue weighted by atomic mass is 16.5. The molecule has 1 amide bonds. The quantitative estimate of drug-likeness (QED) is 0.753. The number of carbonyl (C=O) groups excluding carboxylic acids is 2. The summed E-state index contributed by atoms with van der Waals surface area (Å²) in [5.41, 5.74) is 2.87. The molecule has 0 unspecified atom stereocenters. The molecule has 0 N–H and O–H groups in total. The Bertz CT molecular complexity index is 830. The van der Waals surface area contributed by atoms with Crippen LogP contribution < -0.4 is 0 Å². The first-order valence-electron chi connectivity index (χ1n) is 8.15. The van der Waals surface area contributed by atoms with Crippen molar-refractivity contribution in [1.82, 2.24) is 24.5 Å². The third-order valence-electron chi connectivity index (χ3n) is 5.11. The molecule has 8 heteroatoms. The van der Waals surface area contributed by atoms with Gasteiger partial charge in [-0.1, -0.05) is 0 Å². The van der Waals surface area contributed by atoms with Crippen molar-refractivity contribution in [1.29, 1.82) is 0 Å². The molecular formula is C16H19N5O3. The molecule has 4 heterocycles. The Morgan fingerprint density at radius 2 is 2.21 bits per heavy atom. The number of cyclic esters (lactones) is 1. The third-order valence-corrected chi connectivity index (χ3v) is 5.11. The number of nitrogens with zero attached hydrogens (tertiary/aromatic N) is 5. The Kier molecular flexibility index (Phi) is 3.47. The van der Waals surface area contributed by atoms with Crippen molar-refractivity contribution in [3.05, 3.63) is 23.3 Å². The molecule has 2 aromatic heterocycles. The summed E-state index contributed by atoms with van der Waals surface area (Å²) in [6.45, 7) is 5.44. The van der Waals surface area contributed by atoms with Crippen LogP contribution in [0.25, 0.3) is 5.78 Å². The lowest BCUT2D eigenvalue weighted by Crippen LogP contribution is -2.31. The van der Waals surface area contributed by atoms with E-state index < -0.39 is 0 Å². The van der Waals surface area contributed by atoms with Gasteiger partial charge < -0.3 is 9.64 Å². The maximum Gasteiger partial charge on any atom is 0.311 e. The van der Waals surface area contributed by atoms with Gasteiger partial charge in [-0.3, -0.25) is 9.59 Å². The molecule has 0 saturated carbocycles. The Morgan fingerprint density at radius 3 is 3.00 bits per heavy atom. The van der Waals surface area contributed by atoms with Crippen LogP contribution in [0, 0.1) is 25.7 Å². The van der Waals surface area contributed by atoms with Gasteiger partial charge in [0.25, 0.3) is 5.78 Å². The fourth-order valence-corrected chi connectivity index (χ4v) is 3.71. The number of aryl methyl sites for hydroxylation is 2. The molecule has 2 atom stereocenters. The predicted molar refractivity (Wildman–Crippen MR) is 83.1 cm³/mol. The standard InChI is InChI=1S/C16H19N5O3/c1-9-12(10(2)21-16(19-9)17-8-18-21)3-4-14(22)20-5-11-7-24-15(23)13(11)6-20/h8,11,13H,3-7H2,1-2H3/t11-,13-/m1/s1. The molecule has 0 aliphatic carbocycles. The molecule has 2 fully saturated rings. The van der Waals surface area contributed by atoms with Gasteiger partial charge in [0.2, 0.25) is 5.91 Å². The molecule has 2 saturated heterocycles. The molecule has 0 aromatic carbocycles. The van der Waals surface area contributed by atoms with E-state index in [2.05, 4.69) is 15.1 Å². The van der Waals surface area contributed by atoms with Crippen LogP contribution in [0.4, 0.5) is 0 Å². The molecule has 8 nitrogen and oxygen atoms in total. The van der Waals surface area contributed by atoms with Gasteiger partial charge in [0.05, 0.1) is 12.5 Å². The van der Waals surface area contributed by atoms with Crippen molar-refractivity contribution in [2.75, 3.05) is 19.7 Å². The first-order valence-corrected chi connectivity index (χ1v) is 8.15. The number of esters is 1. The average molecular weight is 329 g/mol. The van der Waals surface area contributed by atoms with E-state index >= 15 is 0 Å². The minimum Gasteiger partial charge on any atom is -0.465 e. The van der Waals surface area contributed by atoms with E-state index in [4.69, 9.17) is 4.74 Å². The van der Waals surface area contributed by atoms with E-state index in [1.165, 1.54) is 6.33 Å². The minimum atomic E-state index is -0.164. The van der Waals surface area contributed by atoms with E-state index in [1.807, 2.05) is 13.8 Å². The van der Waals surface area contributed by atoms with E-state index in [9.17, 15) is 9.59 Å². The lowest BCUT2D eigenvalue weighted by Gasteiger charge is -2.18. The number of aromatic nitrogens is 4. The highest BCUT2D eigenvalue weighted by Crippen LogP contribution is 2.30. The van der Waals surface area contributed by atoms with Gasteiger partial charge in [-0.2, -0.15) is 10.1 Å². The molecule has 2 aliphatic rings. The van der Waals surface area contributed by atoms with Crippen LogP contribution >= 0.6 is 0 Å². The number of rotatable bonds is 3. The van der Waals surface area contributed by atoms with Crippen molar-refractivity contribution in [2.24, 2.45) is 11.8 Å². The summed E-state index contributed by atoms with van der Waals surface area (Å²) in [6.07, 6.45) is 2.49. The Labute approximate surface area is 138 Å². The minimum absolute atomic E-state index is 0.0784. The molecular weight excluding hydrogens is 310 g/mol. The van der Waals surface area contributed by atoms with Gasteiger partial charge in [-0.25, -0.2) is 9.50 Å². The Hall–Kier alpha value is -2.51. The average Bonchev–Trinajstić information content (AvgIpc) is 3.24. The number of hydrogen-bond acceptors (Lipinski definition) is 6. The molecule has 24 heavy (non-hydrogen) atoms. The summed E-state index contributed by atoms with van der Waals surface area (Å²) in [5, 5.41) is 4.17. The smallest absolute Gasteiger partial charge is 0.311 e. The molecule has 0 bridgehead atoms.